The molecule has 1 aromatic heterocycles. The molecule has 182 valence electrons. The summed E-state index contributed by atoms with van der Waals surface area (Å²) in [4.78, 5) is 44.2. The van der Waals surface area contributed by atoms with Crippen LogP contribution in [0.2, 0.25) is 0 Å². The molecular formula is C23H35N5O4S. The molecule has 1 aromatic rings. The third kappa shape index (κ3) is 6.05. The topological polar surface area (TPSA) is 94.2 Å². The van der Waals surface area contributed by atoms with E-state index in [9.17, 15) is 14.4 Å². The third-order valence-corrected chi connectivity index (χ3v) is 6.49. The number of hydrogen-bond donors (Lipinski definition) is 2. The van der Waals surface area contributed by atoms with Crippen molar-refractivity contribution >= 4 is 29.4 Å². The first kappa shape index (κ1) is 25.0. The zero-order valence-electron chi connectivity index (χ0n) is 19.9. The Balaban J connectivity index is 1.88. The number of carbonyl (C=O) groups is 3. The molecule has 4 amide bonds. The molecule has 0 bridgehead atoms. The van der Waals surface area contributed by atoms with Gasteiger partial charge in [-0.05, 0) is 56.5 Å². The summed E-state index contributed by atoms with van der Waals surface area (Å²) in [5.41, 5.74) is 2.03. The Morgan fingerprint density at radius 2 is 2.03 bits per heavy atom. The van der Waals surface area contributed by atoms with Gasteiger partial charge < -0.3 is 20.3 Å². The Labute approximate surface area is 199 Å². The highest BCUT2D eigenvalue weighted by Gasteiger charge is 2.38. The second kappa shape index (κ2) is 11.5. The lowest BCUT2D eigenvalue weighted by atomic mass is 9.96. The van der Waals surface area contributed by atoms with Gasteiger partial charge in [0, 0.05) is 51.0 Å². The van der Waals surface area contributed by atoms with Crippen molar-refractivity contribution in [3.8, 4) is 0 Å². The van der Waals surface area contributed by atoms with Crippen molar-refractivity contribution in [3.05, 3.63) is 33.7 Å². The standard InChI is InChI=1S/C23H35N5O4S/c1-5-28-18(14-26-9-7-10-27(12-11-26)22(30)24-16(3)4)19(21(29)32-6-2)20(25-23(28)31)17-8-13-33-15-17/h8,13,15-16,20H,5-7,9-12,14H2,1-4H3,(H,24,30)(H,25,31). The number of likely N-dealkylation sites (N-methyl/N-ethyl adjacent to an activating group) is 1. The number of nitrogens with one attached hydrogen (secondary N) is 2. The number of nitrogens with zero attached hydrogens (tertiary/aromatic N) is 3. The molecule has 2 aliphatic rings. The summed E-state index contributed by atoms with van der Waals surface area (Å²) in [5, 5.41) is 9.82. The Kier molecular flexibility index (Phi) is 8.74. The van der Waals surface area contributed by atoms with Crippen LogP contribution in [0.15, 0.2) is 28.1 Å². The van der Waals surface area contributed by atoms with E-state index in [1.54, 1.807) is 11.8 Å². The van der Waals surface area contributed by atoms with Crippen molar-refractivity contribution < 1.29 is 19.1 Å². The van der Waals surface area contributed by atoms with Gasteiger partial charge in [0.2, 0.25) is 0 Å². The Morgan fingerprint density at radius 3 is 2.67 bits per heavy atom. The fraction of sp³-hybridized carbons (Fsp3) is 0.609. The lowest BCUT2D eigenvalue weighted by Crippen LogP contribution is -2.51. The van der Waals surface area contributed by atoms with E-state index in [1.165, 1.54) is 11.3 Å². The SMILES string of the molecule is CCOC(=O)C1=C(CN2CCCN(C(=O)NC(C)C)CC2)N(CC)C(=O)NC1c1ccsc1. The van der Waals surface area contributed by atoms with Crippen LogP contribution < -0.4 is 10.6 Å². The van der Waals surface area contributed by atoms with E-state index >= 15 is 0 Å². The van der Waals surface area contributed by atoms with E-state index in [1.807, 2.05) is 42.5 Å². The van der Waals surface area contributed by atoms with Gasteiger partial charge in [0.05, 0.1) is 18.2 Å². The fourth-order valence-corrected chi connectivity index (χ4v) is 4.92. The van der Waals surface area contributed by atoms with Gasteiger partial charge in [-0.25, -0.2) is 14.4 Å². The Bertz CT molecular complexity index is 870. The van der Waals surface area contributed by atoms with E-state index in [0.717, 1.165) is 18.5 Å². The summed E-state index contributed by atoms with van der Waals surface area (Å²) in [6.45, 7) is 11.4. The summed E-state index contributed by atoms with van der Waals surface area (Å²) < 4.78 is 5.42. The lowest BCUT2D eigenvalue weighted by molar-refractivity contribution is -0.139. The van der Waals surface area contributed by atoms with E-state index < -0.39 is 12.0 Å². The second-order valence-corrected chi connectivity index (χ2v) is 9.27. The second-order valence-electron chi connectivity index (χ2n) is 8.49. The highest BCUT2D eigenvalue weighted by atomic mass is 32.1. The van der Waals surface area contributed by atoms with E-state index in [4.69, 9.17) is 4.74 Å². The molecule has 3 heterocycles. The minimum absolute atomic E-state index is 0.0528. The van der Waals surface area contributed by atoms with Crippen molar-refractivity contribution in [2.45, 2.75) is 46.2 Å². The van der Waals surface area contributed by atoms with Gasteiger partial charge in [0.1, 0.15) is 0 Å². The molecule has 0 aromatic carbocycles. The highest BCUT2D eigenvalue weighted by Crippen LogP contribution is 2.33. The number of ether oxygens (including phenoxy) is 1. The maximum absolute atomic E-state index is 13.1. The number of amides is 4. The third-order valence-electron chi connectivity index (χ3n) is 5.79. The number of hydrogen-bond acceptors (Lipinski definition) is 6. The molecular weight excluding hydrogens is 442 g/mol. The highest BCUT2D eigenvalue weighted by molar-refractivity contribution is 7.08. The van der Waals surface area contributed by atoms with E-state index in [2.05, 4.69) is 15.5 Å². The van der Waals surface area contributed by atoms with Crippen molar-refractivity contribution in [2.75, 3.05) is 45.9 Å². The first-order valence-electron chi connectivity index (χ1n) is 11.6. The van der Waals surface area contributed by atoms with Crippen LogP contribution in [0.1, 0.15) is 45.7 Å². The Morgan fingerprint density at radius 1 is 1.24 bits per heavy atom. The minimum atomic E-state index is -0.541. The van der Waals surface area contributed by atoms with Crippen LogP contribution in [0.3, 0.4) is 0 Å². The average Bonchev–Trinajstić information content (AvgIpc) is 3.19. The number of carbonyl (C=O) groups excluding carboxylic acids is 3. The molecule has 1 fully saturated rings. The molecule has 1 saturated heterocycles. The number of rotatable bonds is 7. The molecule has 33 heavy (non-hydrogen) atoms. The first-order chi connectivity index (χ1) is 15.8. The molecule has 10 heteroatoms. The van der Waals surface area contributed by atoms with Gasteiger partial charge in [-0.3, -0.25) is 9.80 Å². The predicted molar refractivity (Wildman–Crippen MR) is 128 cm³/mol. The van der Waals surface area contributed by atoms with Gasteiger partial charge in [-0.15, -0.1) is 0 Å². The van der Waals surface area contributed by atoms with Crippen LogP contribution in [-0.4, -0.2) is 84.6 Å². The molecule has 2 aliphatic heterocycles. The molecule has 0 spiro atoms. The zero-order chi connectivity index (χ0) is 24.0. The smallest absolute Gasteiger partial charge is 0.338 e. The van der Waals surface area contributed by atoms with Crippen LogP contribution >= 0.6 is 11.3 Å². The molecule has 0 aliphatic carbocycles. The number of urea groups is 2. The van der Waals surface area contributed by atoms with Gasteiger partial charge in [-0.1, -0.05) is 0 Å². The fourth-order valence-electron chi connectivity index (χ4n) is 4.23. The summed E-state index contributed by atoms with van der Waals surface area (Å²) in [6, 6.07) is 1.20. The normalized spacial score (nSPS) is 20.0. The molecule has 2 N–H and O–H groups in total. The van der Waals surface area contributed by atoms with Crippen LogP contribution in [0.4, 0.5) is 9.59 Å². The van der Waals surface area contributed by atoms with Crippen molar-refractivity contribution in [3.63, 3.8) is 0 Å². The van der Waals surface area contributed by atoms with Crippen LogP contribution in [0.5, 0.6) is 0 Å². The maximum Gasteiger partial charge on any atom is 0.338 e. The largest absolute Gasteiger partial charge is 0.463 e. The first-order valence-corrected chi connectivity index (χ1v) is 12.6. The van der Waals surface area contributed by atoms with Crippen LogP contribution in [0, 0.1) is 0 Å². The molecule has 3 rings (SSSR count). The van der Waals surface area contributed by atoms with Gasteiger partial charge in [0.25, 0.3) is 0 Å². The zero-order valence-corrected chi connectivity index (χ0v) is 20.7. The van der Waals surface area contributed by atoms with Gasteiger partial charge in [0.15, 0.2) is 0 Å². The molecule has 1 unspecified atom stereocenters. The van der Waals surface area contributed by atoms with Gasteiger partial charge in [-0.2, -0.15) is 11.3 Å². The molecule has 0 saturated carbocycles. The maximum atomic E-state index is 13.1. The average molecular weight is 478 g/mol. The molecule has 0 radical (unpaired) electrons. The van der Waals surface area contributed by atoms with Crippen LogP contribution in [-0.2, 0) is 9.53 Å². The lowest BCUT2D eigenvalue weighted by Gasteiger charge is -2.37. The summed E-state index contributed by atoms with van der Waals surface area (Å²) in [7, 11) is 0. The summed E-state index contributed by atoms with van der Waals surface area (Å²) >= 11 is 1.52. The van der Waals surface area contributed by atoms with Crippen molar-refractivity contribution in [2.24, 2.45) is 0 Å². The monoisotopic (exact) mass is 477 g/mol. The molecule has 9 nitrogen and oxygen atoms in total. The summed E-state index contributed by atoms with van der Waals surface area (Å²) in [6.07, 6.45) is 0.819. The van der Waals surface area contributed by atoms with Gasteiger partial charge >= 0.3 is 18.0 Å². The quantitative estimate of drug-likeness (QED) is 0.589. The number of thiophene rings is 1. The molecule has 1 atom stereocenters. The van der Waals surface area contributed by atoms with Crippen molar-refractivity contribution in [1.29, 1.82) is 0 Å². The van der Waals surface area contributed by atoms with E-state index in [-0.39, 0.29) is 24.7 Å². The predicted octanol–water partition coefficient (Wildman–Crippen LogP) is 2.78. The van der Waals surface area contributed by atoms with Crippen LogP contribution in [0.25, 0.3) is 0 Å². The van der Waals surface area contributed by atoms with E-state index in [0.29, 0.717) is 44.0 Å². The number of esters is 1. The summed E-state index contributed by atoms with van der Waals surface area (Å²) in [5.74, 6) is -0.407. The Hall–Kier alpha value is -2.59. The minimum Gasteiger partial charge on any atom is -0.463 e. The van der Waals surface area contributed by atoms with Crippen molar-refractivity contribution in [1.82, 2.24) is 25.3 Å².